The molecule has 0 saturated heterocycles. The molecule has 0 atom stereocenters. The Labute approximate surface area is 137 Å². The fourth-order valence-corrected chi connectivity index (χ4v) is 2.73. The Hall–Kier alpha value is -1.42. The van der Waals surface area contributed by atoms with Gasteiger partial charge in [-0.3, -0.25) is 0 Å². The van der Waals surface area contributed by atoms with Gasteiger partial charge in [0, 0.05) is 21.0 Å². The lowest BCUT2D eigenvalue weighted by Crippen LogP contribution is -1.83. The number of halogens is 2. The molecule has 0 unspecified atom stereocenters. The third-order valence-electron chi connectivity index (χ3n) is 3.07. The molecular formula is C16H11Cl2NOS. The van der Waals surface area contributed by atoms with Gasteiger partial charge in [-0.05, 0) is 54.3 Å². The van der Waals surface area contributed by atoms with Crippen molar-refractivity contribution < 1.29 is 4.42 Å². The maximum Gasteiger partial charge on any atom is 0.293 e. The van der Waals surface area contributed by atoms with Crippen LogP contribution in [0.3, 0.4) is 0 Å². The zero-order valence-electron chi connectivity index (χ0n) is 11.1. The van der Waals surface area contributed by atoms with Crippen LogP contribution >= 0.6 is 35.0 Å². The van der Waals surface area contributed by atoms with E-state index in [0.717, 1.165) is 16.8 Å². The molecule has 3 rings (SSSR count). The third-order valence-corrected chi connectivity index (χ3v) is 4.23. The van der Waals surface area contributed by atoms with Gasteiger partial charge in [-0.2, -0.15) is 4.98 Å². The van der Waals surface area contributed by atoms with Crippen molar-refractivity contribution in [3.8, 4) is 22.6 Å². The zero-order valence-corrected chi connectivity index (χ0v) is 13.5. The van der Waals surface area contributed by atoms with Crippen molar-refractivity contribution in [2.75, 3.05) is 6.26 Å². The molecule has 3 aromatic rings. The van der Waals surface area contributed by atoms with Gasteiger partial charge in [0.1, 0.15) is 5.69 Å². The Morgan fingerprint density at radius 3 is 2.14 bits per heavy atom. The van der Waals surface area contributed by atoms with Gasteiger partial charge in [-0.1, -0.05) is 23.7 Å². The molecule has 1 heterocycles. The number of benzene rings is 2. The molecule has 106 valence electrons. The van der Waals surface area contributed by atoms with E-state index in [1.165, 1.54) is 4.90 Å². The van der Waals surface area contributed by atoms with E-state index in [-0.39, 0.29) is 5.35 Å². The van der Waals surface area contributed by atoms with Gasteiger partial charge in [0.05, 0.1) is 0 Å². The molecule has 0 aliphatic carbocycles. The molecule has 0 fully saturated rings. The van der Waals surface area contributed by atoms with E-state index < -0.39 is 0 Å². The highest BCUT2D eigenvalue weighted by atomic mass is 35.5. The van der Waals surface area contributed by atoms with E-state index in [1.54, 1.807) is 11.8 Å². The Balaban J connectivity index is 2.08. The summed E-state index contributed by atoms with van der Waals surface area (Å²) in [4.78, 5) is 5.49. The molecule has 0 amide bonds. The predicted octanol–water partition coefficient (Wildman–Crippen LogP) is 6.04. The van der Waals surface area contributed by atoms with Crippen molar-refractivity contribution in [1.82, 2.24) is 4.98 Å². The molecule has 0 aliphatic rings. The number of hydrogen-bond donors (Lipinski definition) is 0. The first-order valence-electron chi connectivity index (χ1n) is 6.24. The minimum atomic E-state index is 0.129. The highest BCUT2D eigenvalue weighted by Crippen LogP contribution is 2.35. The SMILES string of the molecule is CSc1ccc(-c2nc(Cl)oc2-c2ccc(Cl)cc2)cc1. The Kier molecular flexibility index (Phi) is 4.24. The molecule has 0 radical (unpaired) electrons. The lowest BCUT2D eigenvalue weighted by Gasteiger charge is -2.03. The minimum absolute atomic E-state index is 0.129. The summed E-state index contributed by atoms with van der Waals surface area (Å²) in [6.45, 7) is 0. The summed E-state index contributed by atoms with van der Waals surface area (Å²) in [5, 5.41) is 0.805. The topological polar surface area (TPSA) is 26.0 Å². The lowest BCUT2D eigenvalue weighted by atomic mass is 10.1. The molecule has 5 heteroatoms. The smallest absolute Gasteiger partial charge is 0.293 e. The largest absolute Gasteiger partial charge is 0.427 e. The summed E-state index contributed by atoms with van der Waals surface area (Å²) in [6.07, 6.45) is 2.04. The molecule has 2 nitrogen and oxygen atoms in total. The standard InChI is InChI=1S/C16H11Cl2NOS/c1-21-13-8-4-10(5-9-13)14-15(20-16(18)19-14)11-2-6-12(17)7-3-11/h2-9H,1H3. The van der Waals surface area contributed by atoms with Crippen molar-refractivity contribution in [3.63, 3.8) is 0 Å². The first kappa shape index (κ1) is 14.5. The van der Waals surface area contributed by atoms with Crippen LogP contribution in [0.5, 0.6) is 0 Å². The van der Waals surface area contributed by atoms with Gasteiger partial charge in [0.25, 0.3) is 5.35 Å². The first-order valence-corrected chi connectivity index (χ1v) is 8.22. The summed E-state index contributed by atoms with van der Waals surface area (Å²) < 4.78 is 5.56. The van der Waals surface area contributed by atoms with E-state index >= 15 is 0 Å². The van der Waals surface area contributed by atoms with E-state index in [4.69, 9.17) is 27.6 Å². The van der Waals surface area contributed by atoms with E-state index in [2.05, 4.69) is 4.98 Å². The summed E-state index contributed by atoms with van der Waals surface area (Å²) >= 11 is 13.6. The second-order valence-electron chi connectivity index (χ2n) is 4.38. The molecule has 21 heavy (non-hydrogen) atoms. The van der Waals surface area contributed by atoms with Crippen molar-refractivity contribution in [3.05, 3.63) is 58.9 Å². The van der Waals surface area contributed by atoms with Gasteiger partial charge in [-0.25, -0.2) is 0 Å². The number of nitrogens with zero attached hydrogens (tertiary/aromatic N) is 1. The van der Waals surface area contributed by atoms with Gasteiger partial charge >= 0.3 is 0 Å². The molecule has 0 saturated carbocycles. The van der Waals surface area contributed by atoms with Crippen LogP contribution < -0.4 is 0 Å². The average molecular weight is 336 g/mol. The first-order chi connectivity index (χ1) is 10.2. The van der Waals surface area contributed by atoms with Crippen LogP contribution in [-0.2, 0) is 0 Å². The fraction of sp³-hybridized carbons (Fsp3) is 0.0625. The fourth-order valence-electron chi connectivity index (χ4n) is 2.04. The van der Waals surface area contributed by atoms with Crippen LogP contribution in [0.4, 0.5) is 0 Å². The van der Waals surface area contributed by atoms with Crippen LogP contribution in [0.1, 0.15) is 0 Å². The Morgan fingerprint density at radius 1 is 0.905 bits per heavy atom. The summed E-state index contributed by atoms with van der Waals surface area (Å²) in [5.74, 6) is 0.647. The lowest BCUT2D eigenvalue weighted by molar-refractivity contribution is 0.574. The number of hydrogen-bond acceptors (Lipinski definition) is 3. The summed E-state index contributed by atoms with van der Waals surface area (Å²) in [5.41, 5.74) is 2.59. The molecular weight excluding hydrogens is 325 g/mol. The number of thioether (sulfide) groups is 1. The van der Waals surface area contributed by atoms with Gasteiger partial charge in [0.15, 0.2) is 5.76 Å². The highest BCUT2D eigenvalue weighted by Gasteiger charge is 2.16. The van der Waals surface area contributed by atoms with E-state index in [1.807, 2.05) is 54.8 Å². The maximum absolute atomic E-state index is 5.95. The van der Waals surface area contributed by atoms with Crippen molar-refractivity contribution in [1.29, 1.82) is 0 Å². The van der Waals surface area contributed by atoms with Crippen molar-refractivity contribution in [2.24, 2.45) is 0 Å². The van der Waals surface area contributed by atoms with Gasteiger partial charge in [0.2, 0.25) is 0 Å². The normalized spacial score (nSPS) is 10.8. The summed E-state index contributed by atoms with van der Waals surface area (Å²) in [6, 6.07) is 15.5. The maximum atomic E-state index is 5.95. The van der Waals surface area contributed by atoms with Crippen LogP contribution in [0.15, 0.2) is 57.8 Å². The minimum Gasteiger partial charge on any atom is -0.427 e. The predicted molar refractivity (Wildman–Crippen MR) is 89.2 cm³/mol. The van der Waals surface area contributed by atoms with Gasteiger partial charge < -0.3 is 4.42 Å². The highest BCUT2D eigenvalue weighted by molar-refractivity contribution is 7.98. The quantitative estimate of drug-likeness (QED) is 0.546. The second kappa shape index (κ2) is 6.14. The number of oxazole rings is 1. The Bertz CT molecular complexity index is 751. The summed E-state index contributed by atoms with van der Waals surface area (Å²) in [7, 11) is 0. The van der Waals surface area contributed by atoms with Crippen molar-refractivity contribution in [2.45, 2.75) is 4.90 Å². The van der Waals surface area contributed by atoms with Crippen LogP contribution in [0, 0.1) is 0 Å². The number of aromatic nitrogens is 1. The molecule has 0 bridgehead atoms. The molecule has 0 spiro atoms. The average Bonchev–Trinajstić information content (AvgIpc) is 2.90. The molecule has 2 aromatic carbocycles. The second-order valence-corrected chi connectivity index (χ2v) is 6.02. The van der Waals surface area contributed by atoms with E-state index in [0.29, 0.717) is 10.8 Å². The zero-order chi connectivity index (χ0) is 14.8. The van der Waals surface area contributed by atoms with Crippen LogP contribution in [0.2, 0.25) is 10.4 Å². The third kappa shape index (κ3) is 3.10. The monoisotopic (exact) mass is 335 g/mol. The Morgan fingerprint density at radius 2 is 1.52 bits per heavy atom. The van der Waals surface area contributed by atoms with Crippen LogP contribution in [-0.4, -0.2) is 11.2 Å². The molecule has 0 N–H and O–H groups in total. The molecule has 1 aromatic heterocycles. The van der Waals surface area contributed by atoms with Crippen LogP contribution in [0.25, 0.3) is 22.6 Å². The van der Waals surface area contributed by atoms with Gasteiger partial charge in [-0.15, -0.1) is 11.8 Å². The molecule has 0 aliphatic heterocycles. The van der Waals surface area contributed by atoms with Crippen molar-refractivity contribution >= 4 is 35.0 Å². The van der Waals surface area contributed by atoms with E-state index in [9.17, 15) is 0 Å². The number of rotatable bonds is 3.